The van der Waals surface area contributed by atoms with E-state index >= 15 is 0 Å². The summed E-state index contributed by atoms with van der Waals surface area (Å²) < 4.78 is 76.6. The van der Waals surface area contributed by atoms with Crippen molar-refractivity contribution in [3.05, 3.63) is 189 Å². The molecule has 0 bridgehead atoms. The topological polar surface area (TPSA) is 283 Å². The predicted molar refractivity (Wildman–Crippen MR) is 408 cm³/mol. The molecule has 548 valence electrons. The van der Waals surface area contributed by atoms with Gasteiger partial charge in [0.25, 0.3) is 20.0 Å². The van der Waals surface area contributed by atoms with E-state index < -0.39 is 20.0 Å². The summed E-state index contributed by atoms with van der Waals surface area (Å²) in [7, 11) is -7.66. The second kappa shape index (κ2) is 33.2. The average Bonchev–Trinajstić information content (AvgIpc) is 1.65. The van der Waals surface area contributed by atoms with Crippen molar-refractivity contribution in [2.24, 2.45) is 0 Å². The van der Waals surface area contributed by atoms with Crippen LogP contribution in [0.15, 0.2) is 175 Å². The summed E-state index contributed by atoms with van der Waals surface area (Å²) in [6.07, 6.45) is 13.5. The zero-order valence-electron chi connectivity index (χ0n) is 58.1. The number of aromatic amines is 1. The van der Waals surface area contributed by atoms with Crippen molar-refractivity contribution in [1.29, 1.82) is 0 Å². The Hall–Kier alpha value is -9.67. The molecule has 3 saturated heterocycles. The molecule has 3 aliphatic heterocycles. The summed E-state index contributed by atoms with van der Waals surface area (Å²) in [5.74, 6) is 3.98. The van der Waals surface area contributed by atoms with E-state index in [1.807, 2.05) is 78.9 Å². The number of halogens is 1. The van der Waals surface area contributed by atoms with Gasteiger partial charge in [0.1, 0.15) is 28.3 Å². The number of nitrogens with zero attached hydrogens (tertiary/aromatic N) is 18. The Bertz CT molecular complexity index is 5400. The van der Waals surface area contributed by atoms with Gasteiger partial charge in [0.15, 0.2) is 28.8 Å². The van der Waals surface area contributed by atoms with Gasteiger partial charge >= 0.3 is 0 Å². The molecule has 0 saturated carbocycles. The van der Waals surface area contributed by atoms with E-state index in [0.29, 0.717) is 121 Å². The Morgan fingerprint density at radius 2 is 0.876 bits per heavy atom. The third kappa shape index (κ3) is 15.8. The molecule has 16 rings (SSSR count). The van der Waals surface area contributed by atoms with Gasteiger partial charge in [0, 0.05) is 154 Å². The molecule has 13 aromatic rings. The number of H-pyrrole nitrogens is 1. The third-order valence-electron chi connectivity index (χ3n) is 18.1. The molecular weight excluding hydrogens is 1560 g/mol. The molecule has 0 amide bonds. The van der Waals surface area contributed by atoms with Gasteiger partial charge in [-0.25, -0.2) is 69.6 Å². The van der Waals surface area contributed by atoms with E-state index in [1.165, 1.54) is 20.3 Å². The molecule has 11 aromatic heterocycles. The van der Waals surface area contributed by atoms with Gasteiger partial charge < -0.3 is 41.3 Å². The van der Waals surface area contributed by atoms with Crippen LogP contribution in [-0.2, 0) is 68.4 Å². The summed E-state index contributed by atoms with van der Waals surface area (Å²) in [5, 5.41) is 11.4. The number of rotatable bonds is 14. The summed E-state index contributed by atoms with van der Waals surface area (Å²) in [6.45, 7) is 21.8. The molecule has 3 aliphatic rings. The normalized spacial score (nSPS) is 16.1. The van der Waals surface area contributed by atoms with Gasteiger partial charge in [-0.2, -0.15) is 10.2 Å². The molecule has 3 fully saturated rings. The minimum atomic E-state index is -3.84. The fourth-order valence-corrected chi connectivity index (χ4v) is 15.5. The number of aryl methyl sites for hydroxylation is 4. The first-order valence-corrected chi connectivity index (χ1v) is 36.6. The molecule has 105 heavy (non-hydrogen) atoms. The number of anilines is 3. The summed E-state index contributed by atoms with van der Waals surface area (Å²) in [6, 6.07) is 34.8. The van der Waals surface area contributed by atoms with Crippen LogP contribution in [0.4, 0.5) is 17.5 Å². The third-order valence-corrected chi connectivity index (χ3v) is 21.7. The first kappa shape index (κ1) is 77.9. The maximum Gasteiger partial charge on any atom is 0.269 e. The maximum absolute atomic E-state index is 13.5. The number of benzene rings is 2. The van der Waals surface area contributed by atoms with Crippen molar-refractivity contribution in [1.82, 2.24) is 77.3 Å². The minimum absolute atomic E-state index is 0. The van der Waals surface area contributed by atoms with Crippen LogP contribution in [0.1, 0.15) is 60.6 Å². The SMILES string of the molecule is C.C.CCn1nccc1-c1cc(N2CCOC[C@H]2C)nc(-c2ccnc3[nH]ccc23)n1.CCn1nccc1-c1cc(N2CCOC[C@H]2C)nc(-c2ccnc3c2ccn3S(=O)(=O)c2ccc(C)cc2)n1.Cc1ccc(S(=O)(=O)n2ccc3c(-c4nc(Cl)cc(N5CCOC[C@H]5C)n4)ccnc32)cc1.[CH3-].[W]. The zero-order chi connectivity index (χ0) is 70.1. The molecule has 2 aromatic carbocycles. The molecule has 1 N–H and O–H groups in total. The Labute approximate surface area is 631 Å². The standard InChI is InChI=1S/C28H29N7O3S.C23H22ClN5O3S.C21H23N7O.2CH4.CH3.W/c1-4-34-25(10-13-30-34)24-17-26(33-15-16-38-18-20(33)3)32-27(31-24)22-9-12-29-28-23(22)11-14-35(28)39(36,37)21-7-5-19(2)6-8-21;1-15-3-5-17(6-4-15)33(30,31)29-10-8-19-18(7-9-25-23(19)29)22-26-20(24)13-21(27-22)28-11-12-32-14-16(28)2;1-3-28-18(6-9-24-28)17-12-19(27-10-11-29-13-14(27)2)26-21(25-17)16-5-8-23-20-15(16)4-7-22-20;;;;/h5-14,17,20H,4,15-16,18H2,1-3H3;3-10,13,16H,11-12,14H2,1-2H3;4-9,12,14H,3,10-11,13H2,1-2H3,(H,22,23);2*1H4;1H3;/q;;;;;-1;/t20-;16-;14-;;;;/m111..../s1. The van der Waals surface area contributed by atoms with Crippen LogP contribution in [0, 0.1) is 21.3 Å². The fraction of sp³-hybridized carbons (Fsp3) is 0.307. The number of ether oxygens (including phenoxy) is 3. The zero-order valence-corrected chi connectivity index (χ0v) is 63.4. The van der Waals surface area contributed by atoms with Crippen LogP contribution in [0.2, 0.25) is 5.15 Å². The van der Waals surface area contributed by atoms with E-state index in [2.05, 4.69) is 83.6 Å². The molecule has 0 spiro atoms. The first-order valence-electron chi connectivity index (χ1n) is 33.4. The van der Waals surface area contributed by atoms with Crippen LogP contribution in [-0.4, -0.2) is 172 Å². The Morgan fingerprint density at radius 3 is 1.29 bits per heavy atom. The molecule has 26 nitrogen and oxygen atoms in total. The fourth-order valence-electron chi connectivity index (χ4n) is 12.8. The van der Waals surface area contributed by atoms with E-state index in [0.717, 1.165) is 75.2 Å². The van der Waals surface area contributed by atoms with Crippen LogP contribution >= 0.6 is 11.6 Å². The van der Waals surface area contributed by atoms with Crippen LogP contribution in [0.5, 0.6) is 0 Å². The van der Waals surface area contributed by atoms with Gasteiger partial charge in [0.2, 0.25) is 0 Å². The predicted octanol–water partition coefficient (Wildman–Crippen LogP) is 12.9. The van der Waals surface area contributed by atoms with Gasteiger partial charge in [-0.3, -0.25) is 9.36 Å². The van der Waals surface area contributed by atoms with Crippen molar-refractivity contribution < 1.29 is 52.1 Å². The summed E-state index contributed by atoms with van der Waals surface area (Å²) >= 11 is 6.36. The van der Waals surface area contributed by atoms with Crippen molar-refractivity contribution >= 4 is 82.2 Å². The number of aromatic nitrogens is 16. The molecule has 14 heterocycles. The molecule has 0 unspecified atom stereocenters. The van der Waals surface area contributed by atoms with Gasteiger partial charge in [-0.1, -0.05) is 61.8 Å². The summed E-state index contributed by atoms with van der Waals surface area (Å²) in [4.78, 5) is 52.4. The van der Waals surface area contributed by atoms with Crippen molar-refractivity contribution in [3.63, 3.8) is 0 Å². The van der Waals surface area contributed by atoms with Crippen molar-refractivity contribution in [3.8, 4) is 56.9 Å². The monoisotopic (exact) mass is 1650 g/mol. The number of hydrogen-bond donors (Lipinski definition) is 1. The number of nitrogens with one attached hydrogen (secondary N) is 1. The van der Waals surface area contributed by atoms with E-state index in [1.54, 1.807) is 97.6 Å². The molecule has 30 heteroatoms. The molecular formula is C75H85ClN19O7S2W-. The van der Waals surface area contributed by atoms with Crippen LogP contribution in [0.25, 0.3) is 90.0 Å². The number of hydrogen-bond acceptors (Lipinski definition) is 21. The van der Waals surface area contributed by atoms with E-state index in [9.17, 15) is 16.8 Å². The summed E-state index contributed by atoms with van der Waals surface area (Å²) in [5.41, 5.74) is 9.21. The van der Waals surface area contributed by atoms with E-state index in [-0.39, 0.29) is 71.3 Å². The minimum Gasteiger partial charge on any atom is -0.377 e. The van der Waals surface area contributed by atoms with Crippen LogP contribution < -0.4 is 14.7 Å². The average molecular weight is 1650 g/mol. The first-order chi connectivity index (χ1) is 48.9. The van der Waals surface area contributed by atoms with Crippen molar-refractivity contribution in [2.45, 2.75) is 104 Å². The Kier molecular flexibility index (Phi) is 24.6. The molecule has 3 atom stereocenters. The number of pyridine rings is 3. The van der Waals surface area contributed by atoms with E-state index in [4.69, 9.17) is 50.7 Å². The quantitative estimate of drug-likeness (QED) is 0.0782. The number of morpholine rings is 3. The van der Waals surface area contributed by atoms with Crippen LogP contribution in [0.3, 0.4) is 0 Å². The van der Waals surface area contributed by atoms with Gasteiger partial charge in [-0.05, 0) is 121 Å². The largest absolute Gasteiger partial charge is 0.377 e. The van der Waals surface area contributed by atoms with Crippen molar-refractivity contribution in [2.75, 3.05) is 74.0 Å². The second-order valence-electron chi connectivity index (χ2n) is 24.8. The maximum atomic E-state index is 13.5. The molecule has 0 radical (unpaired) electrons. The van der Waals surface area contributed by atoms with Gasteiger partial charge in [-0.15, -0.1) is 0 Å². The smallest absolute Gasteiger partial charge is 0.269 e. The Morgan fingerprint density at radius 1 is 0.486 bits per heavy atom. The van der Waals surface area contributed by atoms with Gasteiger partial charge in [0.05, 0.1) is 90.3 Å². The Balaban J connectivity index is 0.000000167. The second-order valence-corrected chi connectivity index (χ2v) is 28.8. The number of fused-ring (bicyclic) bond motifs is 3. The molecule has 0 aliphatic carbocycles.